The van der Waals surface area contributed by atoms with E-state index < -0.39 is 5.60 Å². The molecule has 1 heterocycles. The van der Waals surface area contributed by atoms with Gasteiger partial charge in [0.15, 0.2) is 0 Å². The molecule has 1 fully saturated rings. The highest BCUT2D eigenvalue weighted by molar-refractivity contribution is 5.44. The number of benzene rings is 3. The van der Waals surface area contributed by atoms with Crippen molar-refractivity contribution in [3.63, 3.8) is 0 Å². The lowest BCUT2D eigenvalue weighted by atomic mass is 9.72. The van der Waals surface area contributed by atoms with Gasteiger partial charge in [-0.25, -0.2) is 0 Å². The molecular formula is C28H33NO2. The minimum absolute atomic E-state index is 0.110. The minimum atomic E-state index is -1.14. The second kappa shape index (κ2) is 9.78. The molecule has 1 aliphatic rings. The molecule has 1 N–H and O–H groups in total. The fourth-order valence-electron chi connectivity index (χ4n) is 4.65. The van der Waals surface area contributed by atoms with Crippen LogP contribution in [0.1, 0.15) is 40.7 Å². The summed E-state index contributed by atoms with van der Waals surface area (Å²) in [6.45, 7) is 8.29. The summed E-state index contributed by atoms with van der Waals surface area (Å²) >= 11 is 0. The third-order valence-electron chi connectivity index (χ3n) is 6.51. The highest BCUT2D eigenvalue weighted by atomic mass is 16.5. The Morgan fingerprint density at radius 2 is 1.61 bits per heavy atom. The molecule has 0 bridgehead atoms. The lowest BCUT2D eigenvalue weighted by Gasteiger charge is -2.41. The van der Waals surface area contributed by atoms with Gasteiger partial charge in [-0.1, -0.05) is 91.3 Å². The Labute approximate surface area is 186 Å². The Hall–Kier alpha value is -2.46. The standard InChI is InChI=1S/C28H33NO2/c1-3-23-12-14-25(15-13-23)28(30,26-11-7-8-22(2)20-26)27(24-9-5-4-6-10-24)21-29-16-18-31-19-17-29/h4-15,20,27,30H,3,16-19,21H2,1-2H3. The lowest BCUT2D eigenvalue weighted by molar-refractivity contribution is 0.000742. The molecule has 31 heavy (non-hydrogen) atoms. The zero-order valence-corrected chi connectivity index (χ0v) is 18.6. The number of ether oxygens (including phenoxy) is 1. The van der Waals surface area contributed by atoms with Gasteiger partial charge in [-0.15, -0.1) is 0 Å². The van der Waals surface area contributed by atoms with Crippen LogP contribution in [-0.2, 0) is 16.8 Å². The molecule has 3 heteroatoms. The van der Waals surface area contributed by atoms with Gasteiger partial charge in [0.05, 0.1) is 13.2 Å². The van der Waals surface area contributed by atoms with Gasteiger partial charge < -0.3 is 9.84 Å². The van der Waals surface area contributed by atoms with E-state index in [0.29, 0.717) is 0 Å². The van der Waals surface area contributed by atoms with E-state index in [2.05, 4.69) is 85.5 Å². The van der Waals surface area contributed by atoms with E-state index in [9.17, 15) is 5.11 Å². The lowest BCUT2D eigenvalue weighted by Crippen LogP contribution is -2.45. The van der Waals surface area contributed by atoms with E-state index in [1.165, 1.54) is 5.56 Å². The maximum atomic E-state index is 12.6. The first-order valence-corrected chi connectivity index (χ1v) is 11.3. The molecule has 2 atom stereocenters. The summed E-state index contributed by atoms with van der Waals surface area (Å²) < 4.78 is 5.58. The molecule has 1 aliphatic heterocycles. The third kappa shape index (κ3) is 4.74. The minimum Gasteiger partial charge on any atom is -0.380 e. The predicted molar refractivity (Wildman–Crippen MR) is 126 cm³/mol. The Morgan fingerprint density at radius 1 is 0.903 bits per heavy atom. The number of morpholine rings is 1. The highest BCUT2D eigenvalue weighted by Crippen LogP contribution is 2.43. The van der Waals surface area contributed by atoms with Crippen LogP contribution in [0.2, 0.25) is 0 Å². The molecule has 162 valence electrons. The van der Waals surface area contributed by atoms with Crippen molar-refractivity contribution < 1.29 is 9.84 Å². The monoisotopic (exact) mass is 415 g/mol. The molecule has 0 saturated carbocycles. The molecule has 0 radical (unpaired) electrons. The zero-order chi connectivity index (χ0) is 21.7. The molecule has 2 unspecified atom stereocenters. The van der Waals surface area contributed by atoms with Crippen molar-refractivity contribution >= 4 is 0 Å². The summed E-state index contributed by atoms with van der Waals surface area (Å²) in [5.41, 5.74) is 4.32. The number of rotatable bonds is 7. The maximum absolute atomic E-state index is 12.6. The second-order valence-corrected chi connectivity index (χ2v) is 8.56. The van der Waals surface area contributed by atoms with E-state index in [0.717, 1.165) is 61.5 Å². The molecule has 0 aromatic heterocycles. The molecule has 3 nitrogen and oxygen atoms in total. The van der Waals surface area contributed by atoms with E-state index >= 15 is 0 Å². The number of hydrogen-bond donors (Lipinski definition) is 1. The van der Waals surface area contributed by atoms with Crippen LogP contribution in [0.25, 0.3) is 0 Å². The average Bonchev–Trinajstić information content (AvgIpc) is 2.83. The van der Waals surface area contributed by atoms with E-state index in [1.807, 2.05) is 12.1 Å². The van der Waals surface area contributed by atoms with Crippen molar-refractivity contribution in [1.29, 1.82) is 0 Å². The van der Waals surface area contributed by atoms with Crippen molar-refractivity contribution in [2.24, 2.45) is 0 Å². The first-order valence-electron chi connectivity index (χ1n) is 11.3. The average molecular weight is 416 g/mol. The fraction of sp³-hybridized carbons (Fsp3) is 0.357. The van der Waals surface area contributed by atoms with E-state index in [-0.39, 0.29) is 5.92 Å². The third-order valence-corrected chi connectivity index (χ3v) is 6.51. The molecule has 3 aromatic carbocycles. The number of nitrogens with zero attached hydrogens (tertiary/aromatic N) is 1. The van der Waals surface area contributed by atoms with Gasteiger partial charge in [0.25, 0.3) is 0 Å². The van der Waals surface area contributed by atoms with Gasteiger partial charge in [-0.05, 0) is 35.6 Å². The summed E-state index contributed by atoms with van der Waals surface area (Å²) in [6, 6.07) is 27.3. The van der Waals surface area contributed by atoms with Crippen LogP contribution in [0, 0.1) is 6.92 Å². The van der Waals surface area contributed by atoms with E-state index in [1.54, 1.807) is 0 Å². The molecule has 0 spiro atoms. The Bertz CT molecular complexity index is 964. The molecule has 0 amide bonds. The van der Waals surface area contributed by atoms with Crippen LogP contribution in [0.15, 0.2) is 78.9 Å². The van der Waals surface area contributed by atoms with Gasteiger partial charge in [0, 0.05) is 25.6 Å². The number of hydrogen-bond acceptors (Lipinski definition) is 3. The van der Waals surface area contributed by atoms with Crippen molar-refractivity contribution in [2.45, 2.75) is 31.8 Å². The van der Waals surface area contributed by atoms with Gasteiger partial charge in [-0.3, -0.25) is 4.90 Å². The van der Waals surface area contributed by atoms with Crippen LogP contribution in [0.5, 0.6) is 0 Å². The largest absolute Gasteiger partial charge is 0.380 e. The Balaban J connectivity index is 1.86. The van der Waals surface area contributed by atoms with Gasteiger partial charge in [0.1, 0.15) is 5.60 Å². The zero-order valence-electron chi connectivity index (χ0n) is 18.6. The highest BCUT2D eigenvalue weighted by Gasteiger charge is 2.42. The molecule has 3 aromatic rings. The van der Waals surface area contributed by atoms with E-state index in [4.69, 9.17) is 4.74 Å². The SMILES string of the molecule is CCc1ccc(C(O)(c2cccc(C)c2)C(CN2CCOCC2)c2ccccc2)cc1. The fourth-order valence-corrected chi connectivity index (χ4v) is 4.65. The number of aryl methyl sites for hydroxylation is 2. The predicted octanol–water partition coefficient (Wildman–Crippen LogP) is 4.91. The van der Waals surface area contributed by atoms with Crippen LogP contribution in [0.4, 0.5) is 0 Å². The van der Waals surface area contributed by atoms with Crippen molar-refractivity contribution in [2.75, 3.05) is 32.8 Å². The molecule has 4 rings (SSSR count). The summed E-state index contributed by atoms with van der Waals surface area (Å²) in [4.78, 5) is 2.42. The number of aliphatic hydroxyl groups is 1. The topological polar surface area (TPSA) is 32.7 Å². The van der Waals surface area contributed by atoms with Crippen LogP contribution < -0.4 is 0 Å². The first-order chi connectivity index (χ1) is 15.1. The molecule has 0 aliphatic carbocycles. The second-order valence-electron chi connectivity index (χ2n) is 8.56. The summed E-state index contributed by atoms with van der Waals surface area (Å²) in [5, 5.41) is 12.6. The quantitative estimate of drug-likeness (QED) is 0.595. The first kappa shape index (κ1) is 21.8. The van der Waals surface area contributed by atoms with Crippen molar-refractivity contribution in [3.8, 4) is 0 Å². The van der Waals surface area contributed by atoms with Gasteiger partial charge in [-0.2, -0.15) is 0 Å². The Morgan fingerprint density at radius 3 is 2.26 bits per heavy atom. The van der Waals surface area contributed by atoms with Gasteiger partial charge in [0.2, 0.25) is 0 Å². The van der Waals surface area contributed by atoms with Crippen LogP contribution >= 0.6 is 0 Å². The summed E-state index contributed by atoms with van der Waals surface area (Å²) in [5.74, 6) is -0.110. The van der Waals surface area contributed by atoms with Crippen LogP contribution in [-0.4, -0.2) is 42.9 Å². The van der Waals surface area contributed by atoms with Crippen molar-refractivity contribution in [3.05, 3.63) is 107 Å². The Kier molecular flexibility index (Phi) is 6.86. The maximum Gasteiger partial charge on any atom is 0.123 e. The normalized spacial score (nSPS) is 17.8. The summed E-state index contributed by atoms with van der Waals surface area (Å²) in [6.07, 6.45) is 0.985. The van der Waals surface area contributed by atoms with Crippen LogP contribution in [0.3, 0.4) is 0 Å². The smallest absolute Gasteiger partial charge is 0.123 e. The molecular weight excluding hydrogens is 382 g/mol. The molecule has 1 saturated heterocycles. The van der Waals surface area contributed by atoms with Crippen molar-refractivity contribution in [1.82, 2.24) is 4.90 Å². The summed E-state index contributed by atoms with van der Waals surface area (Å²) in [7, 11) is 0. The van der Waals surface area contributed by atoms with Gasteiger partial charge >= 0.3 is 0 Å².